The molecule has 14 heteroatoms. The van der Waals surface area contributed by atoms with Gasteiger partial charge in [0.15, 0.2) is 12.6 Å². The Kier molecular flexibility index (Phi) is 67.5. The van der Waals surface area contributed by atoms with Gasteiger partial charge in [0, 0.05) is 6.42 Å². The average molecular weight is 1470 g/mol. The highest BCUT2D eigenvalue weighted by Gasteiger charge is 2.51. The highest BCUT2D eigenvalue weighted by Crippen LogP contribution is 2.30. The van der Waals surface area contributed by atoms with E-state index in [1.807, 2.05) is 6.08 Å². The van der Waals surface area contributed by atoms with Crippen molar-refractivity contribution in [3.8, 4) is 0 Å². The van der Waals surface area contributed by atoms with E-state index in [0.29, 0.717) is 6.42 Å². The van der Waals surface area contributed by atoms with Crippen LogP contribution in [-0.2, 0) is 23.7 Å². The zero-order valence-electron chi connectivity index (χ0n) is 66.4. The van der Waals surface area contributed by atoms with E-state index in [1.54, 1.807) is 6.08 Å². The molecule has 2 saturated heterocycles. The molecule has 9 N–H and O–H groups in total. The second-order valence-electron chi connectivity index (χ2n) is 29.6. The van der Waals surface area contributed by atoms with E-state index >= 15 is 0 Å². The van der Waals surface area contributed by atoms with Crippen LogP contribution < -0.4 is 5.32 Å². The first-order chi connectivity index (χ1) is 51.6. The van der Waals surface area contributed by atoms with E-state index in [-0.39, 0.29) is 18.9 Å². The van der Waals surface area contributed by atoms with Gasteiger partial charge in [-0.2, -0.15) is 0 Å². The number of unbranched alkanes of at least 4 members (excludes halogenated alkanes) is 38. The molecule has 0 aliphatic carbocycles. The van der Waals surface area contributed by atoms with Gasteiger partial charge in [0.25, 0.3) is 0 Å². The Hall–Kier alpha value is -3.87. The summed E-state index contributed by atoms with van der Waals surface area (Å²) in [7, 11) is 0. The Labute approximate surface area is 641 Å². The van der Waals surface area contributed by atoms with Crippen molar-refractivity contribution < 1.29 is 64.6 Å². The highest BCUT2D eigenvalue weighted by atomic mass is 16.7. The predicted molar refractivity (Wildman–Crippen MR) is 438 cm³/mol. The first-order valence-corrected chi connectivity index (χ1v) is 42.9. The van der Waals surface area contributed by atoms with Crippen molar-refractivity contribution in [2.24, 2.45) is 0 Å². The van der Waals surface area contributed by atoms with Crippen molar-refractivity contribution in [3.63, 3.8) is 0 Å². The summed E-state index contributed by atoms with van der Waals surface area (Å²) in [5, 5.41) is 87.8. The van der Waals surface area contributed by atoms with Crippen molar-refractivity contribution >= 4 is 5.91 Å². The molecule has 2 aliphatic heterocycles. The fourth-order valence-electron chi connectivity index (χ4n) is 13.4. The fourth-order valence-corrected chi connectivity index (χ4v) is 13.4. The number of carbonyl (C=O) groups is 1. The van der Waals surface area contributed by atoms with E-state index in [0.717, 1.165) is 109 Å². The molecule has 2 rings (SSSR count). The lowest BCUT2D eigenvalue weighted by molar-refractivity contribution is -0.359. The third-order valence-electron chi connectivity index (χ3n) is 20.1. The summed E-state index contributed by atoms with van der Waals surface area (Å²) in [4.78, 5) is 13.4. The maximum atomic E-state index is 13.4. The third-order valence-corrected chi connectivity index (χ3v) is 20.1. The summed E-state index contributed by atoms with van der Waals surface area (Å²) in [5.41, 5.74) is 0. The van der Waals surface area contributed by atoms with Crippen molar-refractivity contribution in [1.29, 1.82) is 0 Å². The minimum absolute atomic E-state index is 0.245. The summed E-state index contributed by atoms with van der Waals surface area (Å²) in [6.07, 6.45) is 92.5. The van der Waals surface area contributed by atoms with E-state index in [2.05, 4.69) is 141 Å². The van der Waals surface area contributed by atoms with Gasteiger partial charge in [0.1, 0.15) is 48.8 Å². The molecule has 604 valence electrons. The number of aliphatic hydroxyl groups is 8. The van der Waals surface area contributed by atoms with Crippen LogP contribution in [0.15, 0.2) is 134 Å². The monoisotopic (exact) mass is 1470 g/mol. The molecule has 2 aliphatic rings. The van der Waals surface area contributed by atoms with Crippen LogP contribution in [0.25, 0.3) is 0 Å². The second-order valence-corrected chi connectivity index (χ2v) is 29.6. The first-order valence-electron chi connectivity index (χ1n) is 42.9. The Morgan fingerprint density at radius 2 is 0.657 bits per heavy atom. The van der Waals surface area contributed by atoms with E-state index in [4.69, 9.17) is 18.9 Å². The number of hydrogen-bond donors (Lipinski definition) is 9. The van der Waals surface area contributed by atoms with Gasteiger partial charge in [-0.25, -0.2) is 0 Å². The van der Waals surface area contributed by atoms with Crippen LogP contribution in [0.2, 0.25) is 0 Å². The topological polar surface area (TPSA) is 228 Å². The summed E-state index contributed by atoms with van der Waals surface area (Å²) >= 11 is 0. The largest absolute Gasteiger partial charge is 0.394 e. The molecule has 12 atom stereocenters. The minimum Gasteiger partial charge on any atom is -0.394 e. The van der Waals surface area contributed by atoms with Crippen LogP contribution in [-0.4, -0.2) is 140 Å². The number of hydrogen-bond acceptors (Lipinski definition) is 13. The van der Waals surface area contributed by atoms with Crippen LogP contribution in [0.5, 0.6) is 0 Å². The van der Waals surface area contributed by atoms with Gasteiger partial charge in [-0.05, 0) is 96.3 Å². The number of amides is 1. The van der Waals surface area contributed by atoms with Crippen LogP contribution in [0, 0.1) is 0 Å². The zero-order chi connectivity index (χ0) is 75.8. The number of allylic oxidation sites excluding steroid dienone is 21. The molecule has 0 spiro atoms. The lowest BCUT2D eigenvalue weighted by Crippen LogP contribution is -2.65. The molecule has 0 radical (unpaired) electrons. The Morgan fingerprint density at radius 1 is 0.352 bits per heavy atom. The maximum absolute atomic E-state index is 13.4. The lowest BCUT2D eigenvalue weighted by Gasteiger charge is -2.46. The lowest BCUT2D eigenvalue weighted by atomic mass is 9.97. The molecule has 0 aromatic carbocycles. The summed E-state index contributed by atoms with van der Waals surface area (Å²) < 4.78 is 22.9. The molecule has 0 aromatic heterocycles. The number of aliphatic hydroxyl groups excluding tert-OH is 8. The summed E-state index contributed by atoms with van der Waals surface area (Å²) in [6.45, 7) is 2.72. The normalized spacial score (nSPS) is 22.1. The van der Waals surface area contributed by atoms with Crippen LogP contribution in [0.3, 0.4) is 0 Å². The first kappa shape index (κ1) is 97.2. The number of ether oxygens (including phenoxy) is 4. The van der Waals surface area contributed by atoms with E-state index < -0.39 is 86.8 Å². The fraction of sp³-hybridized carbons (Fsp3) is 0.747. The van der Waals surface area contributed by atoms with Crippen molar-refractivity contribution in [3.05, 3.63) is 134 Å². The van der Waals surface area contributed by atoms with Crippen molar-refractivity contribution in [1.82, 2.24) is 5.32 Å². The second kappa shape index (κ2) is 73.0. The molecular formula is C91H157NO13. The zero-order valence-corrected chi connectivity index (χ0v) is 66.4. The SMILES string of the molecule is CC/C=C\C/C=C\C/C=C\C/C=C\C/C=C\C/C=C\C/C=C\C/C=C\C/C=C\C/C=C\CCCCCCCCCCCCC(=O)NC(COC1OC(CO)C(OC2OC(CO)C(O)C(O)C2O)C(O)C1O)C(O)/C=C/CCCCCCCCCCCCCCCCCCCCCCCCCCCCCC. The molecule has 0 saturated carbocycles. The van der Waals surface area contributed by atoms with Crippen molar-refractivity contribution in [2.45, 2.75) is 415 Å². The third kappa shape index (κ3) is 55.2. The molecular weight excluding hydrogens is 1310 g/mol. The number of nitrogens with one attached hydrogen (secondary N) is 1. The quantitative estimate of drug-likeness (QED) is 0.0204. The Bertz CT molecular complexity index is 2290. The Balaban J connectivity index is 1.61. The van der Waals surface area contributed by atoms with Gasteiger partial charge in [-0.1, -0.05) is 372 Å². The van der Waals surface area contributed by atoms with Gasteiger partial charge in [-0.15, -0.1) is 0 Å². The number of carbonyl (C=O) groups excluding carboxylic acids is 1. The molecule has 105 heavy (non-hydrogen) atoms. The Morgan fingerprint density at radius 3 is 1.01 bits per heavy atom. The molecule has 2 fully saturated rings. The van der Waals surface area contributed by atoms with Crippen LogP contribution in [0.1, 0.15) is 341 Å². The summed E-state index contributed by atoms with van der Waals surface area (Å²) in [5.74, 6) is -0.245. The van der Waals surface area contributed by atoms with E-state index in [9.17, 15) is 45.6 Å². The van der Waals surface area contributed by atoms with Gasteiger partial charge >= 0.3 is 0 Å². The molecule has 0 bridgehead atoms. The van der Waals surface area contributed by atoms with Gasteiger partial charge in [0.2, 0.25) is 5.91 Å². The van der Waals surface area contributed by atoms with Crippen LogP contribution >= 0.6 is 0 Å². The van der Waals surface area contributed by atoms with Crippen molar-refractivity contribution in [2.75, 3.05) is 19.8 Å². The van der Waals surface area contributed by atoms with E-state index in [1.165, 1.54) is 205 Å². The summed E-state index contributed by atoms with van der Waals surface area (Å²) in [6, 6.07) is -0.928. The number of rotatable bonds is 71. The van der Waals surface area contributed by atoms with Gasteiger partial charge in [0.05, 0.1) is 32.0 Å². The molecule has 14 nitrogen and oxygen atoms in total. The minimum atomic E-state index is -1.80. The molecule has 12 unspecified atom stereocenters. The maximum Gasteiger partial charge on any atom is 0.220 e. The van der Waals surface area contributed by atoms with Gasteiger partial charge in [-0.3, -0.25) is 4.79 Å². The van der Waals surface area contributed by atoms with Crippen LogP contribution in [0.4, 0.5) is 0 Å². The average Bonchev–Trinajstić information content (AvgIpc) is 0.769. The standard InChI is InChI=1S/C91H157NO13/c1-3-5-7-9-11-13-15-17-19-21-23-25-27-29-31-33-35-36-37-38-39-40-41-42-43-44-45-47-49-51-53-55-57-59-61-63-65-67-69-71-73-75-83(96)92-79(78-102-90-88(101)86(99)89(82(77-94)104-90)105-91-87(100)85(98)84(97)81(76-93)103-91)80(95)74-72-70-68-66-64-62-60-58-56-54-52-50-48-46-34-32-30-28-26-24-22-20-18-16-14-12-10-8-6-4-2/h5,7,11,13,17,19,23,25,29,31,35-36,38-39,41-42,44-45,49,51,72,74,79-82,84-91,93-95,97-101H,3-4,6,8-10,12,14-16,18,20-22,24,26-28,30,32-34,37,40,43,46-48,50,52-71,73,75-78H2,1-2H3,(H,92,96)/b7-5-,13-11-,19-17-,25-23-,31-29-,36-35-,39-38-,42-41-,45-44-,51-49-,74-72+. The molecule has 0 aromatic rings. The highest BCUT2D eigenvalue weighted by molar-refractivity contribution is 5.76. The smallest absolute Gasteiger partial charge is 0.220 e. The van der Waals surface area contributed by atoms with Gasteiger partial charge < -0.3 is 65.1 Å². The molecule has 1 amide bonds. The molecule has 2 heterocycles. The predicted octanol–water partition coefficient (Wildman–Crippen LogP) is 20.5.